The summed E-state index contributed by atoms with van der Waals surface area (Å²) in [6, 6.07) is 0. The van der Waals surface area contributed by atoms with Crippen LogP contribution >= 0.6 is 11.3 Å². The van der Waals surface area contributed by atoms with Gasteiger partial charge in [0.1, 0.15) is 5.00 Å². The summed E-state index contributed by atoms with van der Waals surface area (Å²) in [5, 5.41) is 21.5. The molecular weight excluding hydrogens is 206 g/mol. The van der Waals surface area contributed by atoms with Gasteiger partial charge in [0.15, 0.2) is 16.4 Å². The van der Waals surface area contributed by atoms with E-state index in [0.29, 0.717) is 11.5 Å². The van der Waals surface area contributed by atoms with Gasteiger partial charge in [-0.25, -0.2) is 4.79 Å². The minimum Gasteiger partial charge on any atom is -0.505 e. The van der Waals surface area contributed by atoms with E-state index in [2.05, 4.69) is 5.32 Å². The Balaban J connectivity index is 2.60. The lowest BCUT2D eigenvalue weighted by molar-refractivity contribution is 0.0699. The maximum atomic E-state index is 11.4. The maximum absolute atomic E-state index is 11.4. The van der Waals surface area contributed by atoms with Crippen LogP contribution in [-0.2, 0) is 0 Å². The second kappa shape index (κ2) is 2.98. The monoisotopic (exact) mass is 213 g/mol. The number of carbonyl (C=O) groups is 2. The molecule has 2 rings (SSSR count). The minimum absolute atomic E-state index is 0.124. The van der Waals surface area contributed by atoms with E-state index < -0.39 is 11.7 Å². The molecule has 0 aliphatic carbocycles. The van der Waals surface area contributed by atoms with Crippen LogP contribution in [-0.4, -0.2) is 28.5 Å². The highest BCUT2D eigenvalue weighted by Crippen LogP contribution is 2.40. The zero-order valence-corrected chi connectivity index (χ0v) is 7.85. The summed E-state index contributed by atoms with van der Waals surface area (Å²) in [5.41, 5.74) is 0.124. The number of hydrogen-bond donors (Lipinski definition) is 3. The van der Waals surface area contributed by atoms with Crippen molar-refractivity contribution in [2.45, 2.75) is 6.42 Å². The SMILES string of the molecule is O=C(O)c1sc2c(c1O)C(=O)CCN2. The topological polar surface area (TPSA) is 86.6 Å². The van der Waals surface area contributed by atoms with Crippen molar-refractivity contribution >= 4 is 28.1 Å². The van der Waals surface area contributed by atoms with Gasteiger partial charge in [-0.1, -0.05) is 0 Å². The third-order valence-electron chi connectivity index (χ3n) is 1.99. The van der Waals surface area contributed by atoms with Gasteiger partial charge >= 0.3 is 5.97 Å². The normalized spacial score (nSPS) is 14.7. The van der Waals surface area contributed by atoms with Crippen molar-refractivity contribution in [1.29, 1.82) is 0 Å². The first-order valence-electron chi connectivity index (χ1n) is 3.97. The van der Waals surface area contributed by atoms with Crippen molar-refractivity contribution in [3.8, 4) is 5.75 Å². The molecule has 0 unspecified atom stereocenters. The number of aromatic hydroxyl groups is 1. The number of fused-ring (bicyclic) bond motifs is 1. The summed E-state index contributed by atoms with van der Waals surface area (Å²) >= 11 is 0.892. The zero-order valence-electron chi connectivity index (χ0n) is 7.03. The number of hydrogen-bond acceptors (Lipinski definition) is 5. The molecule has 0 saturated heterocycles. The fourth-order valence-electron chi connectivity index (χ4n) is 1.37. The van der Waals surface area contributed by atoms with Crippen LogP contribution < -0.4 is 5.32 Å². The smallest absolute Gasteiger partial charge is 0.349 e. The number of Topliss-reactive ketones (excluding diaryl/α,β-unsaturated/α-hetero) is 1. The number of rotatable bonds is 1. The van der Waals surface area contributed by atoms with Gasteiger partial charge in [-0.05, 0) is 0 Å². The van der Waals surface area contributed by atoms with Crippen LogP contribution in [0.4, 0.5) is 5.00 Å². The van der Waals surface area contributed by atoms with Gasteiger partial charge in [-0.15, -0.1) is 11.3 Å². The number of nitrogens with one attached hydrogen (secondary N) is 1. The van der Waals surface area contributed by atoms with Crippen LogP contribution in [0.2, 0.25) is 0 Å². The molecule has 5 nitrogen and oxygen atoms in total. The van der Waals surface area contributed by atoms with Gasteiger partial charge in [-0.3, -0.25) is 4.79 Å². The standard InChI is InChI=1S/C8H7NO4S/c10-3-1-2-9-7-4(3)5(11)6(14-7)8(12)13/h9,11H,1-2H2,(H,12,13). The Kier molecular flexibility index (Phi) is 1.92. The molecule has 74 valence electrons. The molecule has 1 aliphatic heterocycles. The predicted octanol–water partition coefficient (Wildman–Crippen LogP) is 1.15. The molecule has 3 N–H and O–H groups in total. The van der Waals surface area contributed by atoms with Crippen LogP contribution in [0.25, 0.3) is 0 Å². The van der Waals surface area contributed by atoms with E-state index in [9.17, 15) is 14.7 Å². The number of carbonyl (C=O) groups excluding carboxylic acids is 1. The molecule has 0 radical (unpaired) electrons. The molecule has 1 aromatic rings. The van der Waals surface area contributed by atoms with Crippen molar-refractivity contribution in [3.63, 3.8) is 0 Å². The second-order valence-corrected chi connectivity index (χ2v) is 3.91. The van der Waals surface area contributed by atoms with Gasteiger partial charge in [0.2, 0.25) is 0 Å². The molecule has 0 fully saturated rings. The molecule has 1 aromatic heterocycles. The zero-order chi connectivity index (χ0) is 10.3. The van der Waals surface area contributed by atoms with Gasteiger partial charge < -0.3 is 15.5 Å². The van der Waals surface area contributed by atoms with Crippen molar-refractivity contribution in [2.75, 3.05) is 11.9 Å². The van der Waals surface area contributed by atoms with Crippen LogP contribution in [0, 0.1) is 0 Å². The molecule has 1 aliphatic rings. The van der Waals surface area contributed by atoms with Crippen molar-refractivity contribution in [3.05, 3.63) is 10.4 Å². The second-order valence-electron chi connectivity index (χ2n) is 2.89. The fraction of sp³-hybridized carbons (Fsp3) is 0.250. The number of thiophene rings is 1. The summed E-state index contributed by atoms with van der Waals surface area (Å²) in [6.45, 7) is 0.491. The van der Waals surface area contributed by atoms with E-state index in [-0.39, 0.29) is 22.6 Å². The molecule has 0 bridgehead atoms. The lowest BCUT2D eigenvalue weighted by atomic mass is 10.1. The molecule has 0 aromatic carbocycles. The van der Waals surface area contributed by atoms with Crippen LogP contribution in [0.3, 0.4) is 0 Å². The van der Waals surface area contributed by atoms with E-state index >= 15 is 0 Å². The van der Waals surface area contributed by atoms with Gasteiger partial charge in [-0.2, -0.15) is 0 Å². The highest BCUT2D eigenvalue weighted by atomic mass is 32.1. The average Bonchev–Trinajstić information content (AvgIpc) is 2.45. The average molecular weight is 213 g/mol. The van der Waals surface area contributed by atoms with Gasteiger partial charge in [0.05, 0.1) is 5.56 Å². The number of carboxylic acids is 1. The summed E-state index contributed by atoms with van der Waals surface area (Å²) in [6.07, 6.45) is 0.288. The maximum Gasteiger partial charge on any atom is 0.349 e. The number of ketones is 1. The highest BCUT2D eigenvalue weighted by Gasteiger charge is 2.28. The summed E-state index contributed by atoms with van der Waals surface area (Å²) in [5.74, 6) is -1.83. The molecule has 0 amide bonds. The van der Waals surface area contributed by atoms with Crippen molar-refractivity contribution in [1.82, 2.24) is 0 Å². The van der Waals surface area contributed by atoms with Crippen LogP contribution in [0.15, 0.2) is 0 Å². The Labute approximate surface area is 83.0 Å². The molecule has 0 saturated carbocycles. The lowest BCUT2D eigenvalue weighted by Crippen LogP contribution is -2.15. The number of carboxylic acid groups (broad SMARTS) is 1. The fourth-order valence-corrected chi connectivity index (χ4v) is 2.34. The first-order valence-corrected chi connectivity index (χ1v) is 4.79. The van der Waals surface area contributed by atoms with E-state index in [1.807, 2.05) is 0 Å². The molecule has 0 atom stereocenters. The lowest BCUT2D eigenvalue weighted by Gasteiger charge is -2.11. The Morgan fingerprint density at radius 2 is 2.21 bits per heavy atom. The molecule has 2 heterocycles. The first kappa shape index (κ1) is 9.01. The Hall–Kier alpha value is -1.56. The Bertz CT molecular complexity index is 423. The quantitative estimate of drug-likeness (QED) is 0.651. The van der Waals surface area contributed by atoms with Crippen LogP contribution in [0.1, 0.15) is 26.5 Å². The van der Waals surface area contributed by atoms with Crippen LogP contribution in [0.5, 0.6) is 5.75 Å². The van der Waals surface area contributed by atoms with Crippen molar-refractivity contribution in [2.24, 2.45) is 0 Å². The van der Waals surface area contributed by atoms with Gasteiger partial charge in [0, 0.05) is 13.0 Å². The Morgan fingerprint density at radius 3 is 2.79 bits per heavy atom. The molecule has 6 heteroatoms. The summed E-state index contributed by atoms with van der Waals surface area (Å²) in [7, 11) is 0. The van der Waals surface area contributed by atoms with E-state index in [1.54, 1.807) is 0 Å². The molecule has 0 spiro atoms. The van der Waals surface area contributed by atoms with E-state index in [0.717, 1.165) is 11.3 Å². The predicted molar refractivity (Wildman–Crippen MR) is 50.4 cm³/mol. The summed E-state index contributed by atoms with van der Waals surface area (Å²) < 4.78 is 0. The highest BCUT2D eigenvalue weighted by molar-refractivity contribution is 7.18. The van der Waals surface area contributed by atoms with E-state index in [4.69, 9.17) is 5.11 Å². The molecular formula is C8H7NO4S. The number of aromatic carboxylic acids is 1. The molecule has 14 heavy (non-hydrogen) atoms. The summed E-state index contributed by atoms with van der Waals surface area (Å²) in [4.78, 5) is 21.8. The number of anilines is 1. The van der Waals surface area contributed by atoms with E-state index in [1.165, 1.54) is 0 Å². The van der Waals surface area contributed by atoms with Gasteiger partial charge in [0.25, 0.3) is 0 Å². The first-order chi connectivity index (χ1) is 6.61. The third-order valence-corrected chi connectivity index (χ3v) is 3.12. The van der Waals surface area contributed by atoms with Crippen molar-refractivity contribution < 1.29 is 19.8 Å². The third kappa shape index (κ3) is 1.15. The largest absolute Gasteiger partial charge is 0.505 e. The minimum atomic E-state index is -1.21. The Morgan fingerprint density at radius 1 is 1.50 bits per heavy atom.